The van der Waals surface area contributed by atoms with Crippen LogP contribution in [0, 0.1) is 0 Å². The predicted octanol–water partition coefficient (Wildman–Crippen LogP) is 2.21. The van der Waals surface area contributed by atoms with Gasteiger partial charge in [-0.15, -0.1) is 0 Å². The van der Waals surface area contributed by atoms with Crippen molar-refractivity contribution in [2.24, 2.45) is 0 Å². The lowest BCUT2D eigenvalue weighted by Crippen LogP contribution is -2.38. The van der Waals surface area contributed by atoms with Crippen LogP contribution in [-0.4, -0.2) is 42.9 Å². The molecule has 0 N–H and O–H groups in total. The van der Waals surface area contributed by atoms with E-state index in [1.54, 1.807) is 6.92 Å². The lowest BCUT2D eigenvalue weighted by Gasteiger charge is -2.21. The van der Waals surface area contributed by atoms with Crippen molar-refractivity contribution in [1.82, 2.24) is 9.29 Å². The van der Waals surface area contributed by atoms with Crippen molar-refractivity contribution in [1.29, 1.82) is 0 Å². The molecule has 1 aliphatic carbocycles. The Kier molecular flexibility index (Phi) is 5.24. The molecule has 0 atom stereocenters. The number of pyridine rings is 1. The first-order valence-corrected chi connectivity index (χ1v) is 8.96. The van der Waals surface area contributed by atoms with Crippen molar-refractivity contribution >= 4 is 43.5 Å². The fraction of sp³-hybridized carbons (Fsp3) is 0.500. The quantitative estimate of drug-likeness (QED) is 0.543. The summed E-state index contributed by atoms with van der Waals surface area (Å²) in [5.74, 6) is -0.577. The lowest BCUT2D eigenvalue weighted by atomic mass is 10.5. The average Bonchev–Trinajstić information content (AvgIpc) is 3.23. The Balaban J connectivity index is 2.34. The van der Waals surface area contributed by atoms with Gasteiger partial charge < -0.3 is 4.74 Å². The Morgan fingerprint density at radius 1 is 1.57 bits per heavy atom. The van der Waals surface area contributed by atoms with Gasteiger partial charge in [0.15, 0.2) is 0 Å². The van der Waals surface area contributed by atoms with Crippen molar-refractivity contribution in [2.75, 3.05) is 13.2 Å². The van der Waals surface area contributed by atoms with Crippen LogP contribution in [0.1, 0.15) is 19.8 Å². The molecule has 0 spiro atoms. The molecule has 21 heavy (non-hydrogen) atoms. The molecule has 0 bridgehead atoms. The lowest BCUT2D eigenvalue weighted by molar-refractivity contribution is -0.143. The zero-order valence-corrected chi connectivity index (χ0v) is 14.4. The maximum absolute atomic E-state index is 12.7. The van der Waals surface area contributed by atoms with E-state index in [0.717, 1.165) is 17.1 Å². The molecule has 0 aliphatic heterocycles. The average molecular weight is 398 g/mol. The van der Waals surface area contributed by atoms with Crippen LogP contribution in [0.5, 0.6) is 0 Å². The Bertz CT molecular complexity index is 649. The normalized spacial score (nSPS) is 15.2. The first-order valence-electron chi connectivity index (χ1n) is 6.34. The first-order chi connectivity index (χ1) is 9.86. The molecule has 0 unspecified atom stereocenters. The third kappa shape index (κ3) is 3.94. The highest BCUT2D eigenvalue weighted by Gasteiger charge is 2.40. The largest absolute Gasteiger partial charge is 0.465 e. The summed E-state index contributed by atoms with van der Waals surface area (Å²) in [6, 6.07) is 1.19. The molecule has 1 aromatic heterocycles. The van der Waals surface area contributed by atoms with Crippen LogP contribution in [0.3, 0.4) is 0 Å². The topological polar surface area (TPSA) is 76.6 Å². The van der Waals surface area contributed by atoms with Crippen molar-refractivity contribution in [3.05, 3.63) is 21.9 Å². The van der Waals surface area contributed by atoms with Gasteiger partial charge in [0, 0.05) is 16.7 Å². The van der Waals surface area contributed by atoms with Crippen molar-refractivity contribution < 1.29 is 17.9 Å². The molecule has 1 aliphatic rings. The molecule has 1 heterocycles. The zero-order valence-electron chi connectivity index (χ0n) is 11.3. The number of halogens is 2. The number of hydrogen-bond donors (Lipinski definition) is 0. The predicted molar refractivity (Wildman–Crippen MR) is 80.5 cm³/mol. The highest BCUT2D eigenvalue weighted by atomic mass is 79.9. The van der Waals surface area contributed by atoms with Crippen LogP contribution < -0.4 is 0 Å². The van der Waals surface area contributed by atoms with Crippen LogP contribution in [0.25, 0.3) is 0 Å². The number of nitrogens with zero attached hydrogens (tertiary/aromatic N) is 2. The van der Waals surface area contributed by atoms with Gasteiger partial charge in [-0.3, -0.25) is 4.79 Å². The minimum absolute atomic E-state index is 0.116. The van der Waals surface area contributed by atoms with Gasteiger partial charge in [-0.2, -0.15) is 4.31 Å². The van der Waals surface area contributed by atoms with Crippen LogP contribution in [-0.2, 0) is 19.6 Å². The second-order valence-corrected chi connectivity index (χ2v) is 7.66. The fourth-order valence-electron chi connectivity index (χ4n) is 1.82. The third-order valence-corrected chi connectivity index (χ3v) is 5.66. The van der Waals surface area contributed by atoms with E-state index < -0.39 is 16.0 Å². The number of sulfonamides is 1. The van der Waals surface area contributed by atoms with Gasteiger partial charge in [0.2, 0.25) is 10.0 Å². The number of esters is 1. The smallest absolute Gasteiger partial charge is 0.321 e. The molecular weight excluding hydrogens is 384 g/mol. The molecule has 0 amide bonds. The summed E-state index contributed by atoms with van der Waals surface area (Å²) in [6.45, 7) is 1.56. The number of aromatic nitrogens is 1. The van der Waals surface area contributed by atoms with Gasteiger partial charge in [0.1, 0.15) is 16.6 Å². The molecular formula is C12H14BrClN2O4S. The molecule has 1 saturated carbocycles. The van der Waals surface area contributed by atoms with E-state index in [1.807, 2.05) is 0 Å². The summed E-state index contributed by atoms with van der Waals surface area (Å²) in [6.07, 6.45) is 2.85. The number of hydrogen-bond acceptors (Lipinski definition) is 5. The number of carbonyl (C=O) groups is 1. The molecule has 6 nitrogen and oxygen atoms in total. The standard InChI is InChI=1S/C12H14BrClN2O4S/c1-2-20-11(17)7-16(9-3-4-9)21(18,19)10-5-8(13)6-15-12(10)14/h5-6,9H,2-4,7H2,1H3. The summed E-state index contributed by atoms with van der Waals surface area (Å²) in [5, 5.41) is -0.118. The van der Waals surface area contributed by atoms with Crippen molar-refractivity contribution in [3.8, 4) is 0 Å². The minimum Gasteiger partial charge on any atom is -0.465 e. The SMILES string of the molecule is CCOC(=O)CN(C1CC1)S(=O)(=O)c1cc(Br)cnc1Cl. The van der Waals surface area contributed by atoms with E-state index in [9.17, 15) is 13.2 Å². The van der Waals surface area contributed by atoms with Gasteiger partial charge in [0.05, 0.1) is 6.61 Å². The summed E-state index contributed by atoms with van der Waals surface area (Å²) in [4.78, 5) is 15.3. The second kappa shape index (κ2) is 6.60. The van der Waals surface area contributed by atoms with E-state index in [-0.39, 0.29) is 29.2 Å². The van der Waals surface area contributed by atoms with Crippen LogP contribution in [0.4, 0.5) is 0 Å². The zero-order chi connectivity index (χ0) is 15.6. The fourth-order valence-corrected chi connectivity index (χ4v) is 4.37. The van der Waals surface area contributed by atoms with Crippen LogP contribution in [0.2, 0.25) is 5.15 Å². The maximum atomic E-state index is 12.7. The highest BCUT2D eigenvalue weighted by molar-refractivity contribution is 9.10. The molecule has 116 valence electrons. The van der Waals surface area contributed by atoms with Gasteiger partial charge in [-0.25, -0.2) is 13.4 Å². The number of carbonyl (C=O) groups excluding carboxylic acids is 1. The minimum atomic E-state index is -3.90. The van der Waals surface area contributed by atoms with E-state index in [2.05, 4.69) is 20.9 Å². The van der Waals surface area contributed by atoms with Gasteiger partial charge in [-0.1, -0.05) is 11.6 Å². The number of ether oxygens (including phenoxy) is 1. The summed E-state index contributed by atoms with van der Waals surface area (Å²) in [5.41, 5.74) is 0. The Morgan fingerprint density at radius 3 is 2.81 bits per heavy atom. The molecule has 0 radical (unpaired) electrons. The molecule has 2 rings (SSSR count). The highest BCUT2D eigenvalue weighted by Crippen LogP contribution is 2.34. The number of rotatable bonds is 6. The van der Waals surface area contributed by atoms with Crippen LogP contribution in [0.15, 0.2) is 21.6 Å². The third-order valence-electron chi connectivity index (χ3n) is 2.90. The van der Waals surface area contributed by atoms with E-state index in [0.29, 0.717) is 4.47 Å². The van der Waals surface area contributed by atoms with E-state index >= 15 is 0 Å². The Hall–Kier alpha value is -0.700. The molecule has 0 aromatic carbocycles. The maximum Gasteiger partial charge on any atom is 0.321 e. The molecule has 1 fully saturated rings. The molecule has 9 heteroatoms. The van der Waals surface area contributed by atoms with Crippen LogP contribution >= 0.6 is 27.5 Å². The molecule has 1 aromatic rings. The summed E-state index contributed by atoms with van der Waals surface area (Å²) < 4.78 is 31.9. The van der Waals surface area contributed by atoms with Gasteiger partial charge in [0.25, 0.3) is 0 Å². The molecule has 0 saturated heterocycles. The first kappa shape index (κ1) is 16.7. The Morgan fingerprint density at radius 2 is 2.24 bits per heavy atom. The van der Waals surface area contributed by atoms with E-state index in [1.165, 1.54) is 12.3 Å². The van der Waals surface area contributed by atoms with Crippen molar-refractivity contribution in [2.45, 2.75) is 30.7 Å². The van der Waals surface area contributed by atoms with E-state index in [4.69, 9.17) is 16.3 Å². The summed E-state index contributed by atoms with van der Waals surface area (Å²) in [7, 11) is -3.90. The van der Waals surface area contributed by atoms with Gasteiger partial charge in [-0.05, 0) is 41.8 Å². The van der Waals surface area contributed by atoms with Gasteiger partial charge >= 0.3 is 5.97 Å². The second-order valence-electron chi connectivity index (χ2n) is 4.53. The summed E-state index contributed by atoms with van der Waals surface area (Å²) >= 11 is 9.06. The monoisotopic (exact) mass is 396 g/mol. The Labute approximate surface area is 136 Å². The van der Waals surface area contributed by atoms with Crippen molar-refractivity contribution in [3.63, 3.8) is 0 Å².